The highest BCUT2D eigenvalue weighted by atomic mass is 35.5. The van der Waals surface area contributed by atoms with Gasteiger partial charge in [-0.15, -0.1) is 0 Å². The topological polar surface area (TPSA) is 104 Å². The van der Waals surface area contributed by atoms with Crippen molar-refractivity contribution in [3.05, 3.63) is 58.2 Å². The van der Waals surface area contributed by atoms with E-state index >= 15 is 0 Å². The van der Waals surface area contributed by atoms with Crippen LogP contribution in [0, 0.1) is 5.92 Å². The van der Waals surface area contributed by atoms with Crippen molar-refractivity contribution in [3.63, 3.8) is 0 Å². The van der Waals surface area contributed by atoms with Gasteiger partial charge in [-0.1, -0.05) is 30.9 Å². The number of carbonyl (C=O) groups is 2. The van der Waals surface area contributed by atoms with Gasteiger partial charge in [0, 0.05) is 17.3 Å². The molecule has 188 valence electrons. The normalized spacial score (nSPS) is 16.1. The maximum absolute atomic E-state index is 12.4. The highest BCUT2D eigenvalue weighted by molar-refractivity contribution is 6.33. The van der Waals surface area contributed by atoms with Gasteiger partial charge in [0.25, 0.3) is 5.91 Å². The van der Waals surface area contributed by atoms with Crippen molar-refractivity contribution in [1.82, 2.24) is 4.98 Å². The summed E-state index contributed by atoms with van der Waals surface area (Å²) in [6.45, 7) is 0.600. The van der Waals surface area contributed by atoms with Crippen LogP contribution in [0.5, 0.6) is 5.75 Å². The Labute approximate surface area is 215 Å². The highest BCUT2D eigenvalue weighted by Crippen LogP contribution is 2.39. The molecule has 0 atom stereocenters. The van der Waals surface area contributed by atoms with Gasteiger partial charge in [-0.2, -0.15) is 0 Å². The average molecular weight is 508 g/mol. The first-order valence-corrected chi connectivity index (χ1v) is 12.9. The number of anilines is 2. The molecule has 0 spiro atoms. The summed E-state index contributed by atoms with van der Waals surface area (Å²) in [5.41, 5.74) is 9.26. The molecule has 3 aromatic rings. The third-order valence-electron chi connectivity index (χ3n) is 7.36. The minimum absolute atomic E-state index is 0.237. The van der Waals surface area contributed by atoms with Gasteiger partial charge in [0.2, 0.25) is 0 Å². The van der Waals surface area contributed by atoms with Gasteiger partial charge in [-0.3, -0.25) is 9.78 Å². The summed E-state index contributed by atoms with van der Waals surface area (Å²) in [7, 11) is 1.37. The van der Waals surface area contributed by atoms with Crippen LogP contribution in [0.3, 0.4) is 0 Å². The number of hydrogen-bond donors (Lipinski definition) is 2. The van der Waals surface area contributed by atoms with E-state index in [2.05, 4.69) is 10.3 Å². The molecule has 1 aromatic heterocycles. The fourth-order valence-electron chi connectivity index (χ4n) is 5.09. The van der Waals surface area contributed by atoms with Crippen LogP contribution < -0.4 is 15.8 Å². The van der Waals surface area contributed by atoms with E-state index in [1.54, 1.807) is 18.2 Å². The number of nitrogens with one attached hydrogen (secondary N) is 1. The number of primary amides is 1. The van der Waals surface area contributed by atoms with E-state index in [1.807, 2.05) is 12.1 Å². The molecule has 7 nitrogen and oxygen atoms in total. The van der Waals surface area contributed by atoms with Crippen molar-refractivity contribution >= 4 is 45.8 Å². The zero-order chi connectivity index (χ0) is 25.2. The second kappa shape index (κ2) is 10.3. The molecule has 1 amide bonds. The SMILES string of the molecule is COC(=O)c1cc(Nc2c(C(N)=O)cnc3cc(Cl)c(OCC4CCC4)cc23)cc(C2CCCC2)c1. The lowest BCUT2D eigenvalue weighted by molar-refractivity contribution is 0.0600. The molecule has 2 saturated carbocycles. The predicted molar refractivity (Wildman–Crippen MR) is 140 cm³/mol. The van der Waals surface area contributed by atoms with Crippen LogP contribution in [0.4, 0.5) is 11.4 Å². The smallest absolute Gasteiger partial charge is 0.337 e. The summed E-state index contributed by atoms with van der Waals surface area (Å²) in [6, 6.07) is 9.20. The molecule has 2 aliphatic carbocycles. The number of esters is 1. The van der Waals surface area contributed by atoms with E-state index in [0.717, 1.165) is 31.2 Å². The number of amides is 1. The molecule has 2 aliphatic rings. The molecular formula is C28H30ClN3O4. The van der Waals surface area contributed by atoms with Gasteiger partial charge in [0.1, 0.15) is 5.75 Å². The van der Waals surface area contributed by atoms with Gasteiger partial charge in [0.15, 0.2) is 0 Å². The molecule has 1 heterocycles. The van der Waals surface area contributed by atoms with E-state index in [1.165, 1.54) is 32.6 Å². The van der Waals surface area contributed by atoms with Gasteiger partial charge in [-0.05, 0) is 73.4 Å². The largest absolute Gasteiger partial charge is 0.492 e. The molecule has 36 heavy (non-hydrogen) atoms. The summed E-state index contributed by atoms with van der Waals surface area (Å²) in [5, 5.41) is 4.49. The van der Waals surface area contributed by atoms with Crippen molar-refractivity contribution in [2.24, 2.45) is 11.7 Å². The Balaban J connectivity index is 1.58. The minimum Gasteiger partial charge on any atom is -0.492 e. The van der Waals surface area contributed by atoms with Gasteiger partial charge in [-0.25, -0.2) is 4.79 Å². The maximum atomic E-state index is 12.4. The summed E-state index contributed by atoms with van der Waals surface area (Å²) in [6.07, 6.45) is 9.48. The number of aromatic nitrogens is 1. The third-order valence-corrected chi connectivity index (χ3v) is 7.65. The van der Waals surface area contributed by atoms with E-state index < -0.39 is 11.9 Å². The molecule has 0 radical (unpaired) electrons. The number of ether oxygens (including phenoxy) is 2. The van der Waals surface area contributed by atoms with E-state index in [9.17, 15) is 9.59 Å². The summed E-state index contributed by atoms with van der Waals surface area (Å²) < 4.78 is 11.0. The molecule has 5 rings (SSSR count). The number of pyridine rings is 1. The molecule has 0 saturated heterocycles. The Morgan fingerprint density at radius 3 is 2.53 bits per heavy atom. The van der Waals surface area contributed by atoms with Crippen LogP contribution >= 0.6 is 11.6 Å². The zero-order valence-corrected chi connectivity index (χ0v) is 21.1. The van der Waals surface area contributed by atoms with Crippen LogP contribution in [0.1, 0.15) is 77.1 Å². The number of rotatable bonds is 8. The number of hydrogen-bond acceptors (Lipinski definition) is 6. The fraction of sp³-hybridized carbons (Fsp3) is 0.393. The van der Waals surface area contributed by atoms with E-state index in [4.69, 9.17) is 26.8 Å². The molecule has 0 unspecified atom stereocenters. The third kappa shape index (κ3) is 4.98. The number of fused-ring (bicyclic) bond motifs is 1. The van der Waals surface area contributed by atoms with Crippen LogP contribution in [0.2, 0.25) is 5.02 Å². The molecule has 0 aliphatic heterocycles. The molecule has 2 fully saturated rings. The predicted octanol–water partition coefficient (Wildman–Crippen LogP) is 6.35. The highest BCUT2D eigenvalue weighted by Gasteiger charge is 2.22. The van der Waals surface area contributed by atoms with Crippen LogP contribution in [0.25, 0.3) is 10.9 Å². The second-order valence-electron chi connectivity index (χ2n) is 9.76. The van der Waals surface area contributed by atoms with Crippen molar-refractivity contribution in [1.29, 1.82) is 0 Å². The lowest BCUT2D eigenvalue weighted by Crippen LogP contribution is -2.19. The van der Waals surface area contributed by atoms with Crippen molar-refractivity contribution in [2.75, 3.05) is 19.0 Å². The Kier molecular flexibility index (Phi) is 7.01. The van der Waals surface area contributed by atoms with Crippen molar-refractivity contribution in [3.8, 4) is 5.75 Å². The lowest BCUT2D eigenvalue weighted by atomic mass is 9.86. The van der Waals surface area contributed by atoms with Crippen LogP contribution in [0.15, 0.2) is 36.5 Å². The van der Waals surface area contributed by atoms with Crippen molar-refractivity contribution < 1.29 is 19.1 Å². The Morgan fingerprint density at radius 1 is 1.08 bits per heavy atom. The van der Waals surface area contributed by atoms with Crippen LogP contribution in [-0.4, -0.2) is 30.6 Å². The van der Waals surface area contributed by atoms with Gasteiger partial charge in [0.05, 0.1) is 41.1 Å². The first-order chi connectivity index (χ1) is 17.4. The molecular weight excluding hydrogens is 478 g/mol. The monoisotopic (exact) mass is 507 g/mol. The second-order valence-corrected chi connectivity index (χ2v) is 10.2. The maximum Gasteiger partial charge on any atom is 0.337 e. The quantitative estimate of drug-likeness (QED) is 0.344. The number of nitrogens with two attached hydrogens (primary N) is 1. The average Bonchev–Trinajstić information content (AvgIpc) is 3.38. The molecule has 8 heteroatoms. The molecule has 3 N–H and O–H groups in total. The summed E-state index contributed by atoms with van der Waals surface area (Å²) in [4.78, 5) is 29.2. The minimum atomic E-state index is -0.612. The Morgan fingerprint density at radius 2 is 1.86 bits per heavy atom. The lowest BCUT2D eigenvalue weighted by Gasteiger charge is -2.25. The first kappa shape index (κ1) is 24.4. The molecule has 0 bridgehead atoms. The molecule has 2 aromatic carbocycles. The van der Waals surface area contributed by atoms with Gasteiger partial charge < -0.3 is 20.5 Å². The van der Waals surface area contributed by atoms with E-state index in [-0.39, 0.29) is 5.56 Å². The Hall–Kier alpha value is -3.32. The zero-order valence-electron chi connectivity index (χ0n) is 20.3. The number of carbonyl (C=O) groups excluding carboxylic acids is 2. The number of nitrogens with zero attached hydrogens (tertiary/aromatic N) is 1. The fourth-order valence-corrected chi connectivity index (χ4v) is 5.30. The summed E-state index contributed by atoms with van der Waals surface area (Å²) >= 11 is 6.50. The van der Waals surface area contributed by atoms with Gasteiger partial charge >= 0.3 is 5.97 Å². The first-order valence-electron chi connectivity index (χ1n) is 12.5. The van der Waals surface area contributed by atoms with Crippen molar-refractivity contribution in [2.45, 2.75) is 50.9 Å². The number of benzene rings is 2. The Bertz CT molecular complexity index is 1320. The van der Waals surface area contributed by atoms with Crippen LogP contribution in [-0.2, 0) is 4.74 Å². The summed E-state index contributed by atoms with van der Waals surface area (Å²) in [5.74, 6) is 0.437. The van der Waals surface area contributed by atoms with E-state index in [0.29, 0.717) is 57.1 Å². The number of methoxy groups -OCH3 is 1. The standard InChI is InChI=1S/C28H30ClN3O4/c1-35-28(34)19-9-18(17-7-2-3-8-17)10-20(11-19)32-26-21-12-25(36-15-16-5-4-6-16)23(29)13-24(21)31-14-22(26)27(30)33/h9-14,16-17H,2-8,15H2,1H3,(H2,30,33)(H,31,32). The number of halogens is 1.